The minimum Gasteiger partial charge on any atom is -0.462 e. The molecular weight excluding hydrogens is 793 g/mol. The van der Waals surface area contributed by atoms with E-state index in [0.717, 1.165) is 103 Å². The summed E-state index contributed by atoms with van der Waals surface area (Å²) in [6, 6.07) is 0. The lowest BCUT2D eigenvalue weighted by Crippen LogP contribution is -2.30. The number of carbonyl (C=O) groups excluding carboxylic acids is 3. The molecule has 6 nitrogen and oxygen atoms in total. The van der Waals surface area contributed by atoms with Crippen LogP contribution in [-0.4, -0.2) is 37.2 Å². The third kappa shape index (κ3) is 49.1. The van der Waals surface area contributed by atoms with Crippen molar-refractivity contribution in [2.75, 3.05) is 13.2 Å². The SMILES string of the molecule is CC/C=C\C/C=C\C/C=C\C/C=C\C/C=C\CC(=O)OC(COC(=O)CCCCCCC/C=C\C/C=C\CCCC)COC(=O)CCCCCCCCC/C=C\C/C=C\CCCCC. The summed E-state index contributed by atoms with van der Waals surface area (Å²) in [6.07, 6.45) is 69.5. The number of rotatable bonds is 45. The Morgan fingerprint density at radius 2 is 0.672 bits per heavy atom. The lowest BCUT2D eigenvalue weighted by molar-refractivity contribution is -0.166. The van der Waals surface area contributed by atoms with E-state index in [1.54, 1.807) is 6.08 Å². The maximum Gasteiger partial charge on any atom is 0.310 e. The van der Waals surface area contributed by atoms with Crippen LogP contribution in [-0.2, 0) is 28.6 Å². The first-order valence-electron chi connectivity index (χ1n) is 25.9. The van der Waals surface area contributed by atoms with Gasteiger partial charge >= 0.3 is 17.9 Å². The average Bonchev–Trinajstić information content (AvgIpc) is 3.29. The van der Waals surface area contributed by atoms with Gasteiger partial charge in [0.1, 0.15) is 13.2 Å². The third-order valence-corrected chi connectivity index (χ3v) is 10.5. The molecule has 1 unspecified atom stereocenters. The third-order valence-electron chi connectivity index (χ3n) is 10.5. The summed E-state index contributed by atoms with van der Waals surface area (Å²) in [7, 11) is 0. The Hall–Kier alpha value is -3.93. The van der Waals surface area contributed by atoms with E-state index in [0.29, 0.717) is 19.3 Å². The van der Waals surface area contributed by atoms with Gasteiger partial charge in [-0.2, -0.15) is 0 Å². The van der Waals surface area contributed by atoms with Crippen LogP contribution >= 0.6 is 0 Å². The molecule has 0 N–H and O–H groups in total. The number of esters is 3. The predicted octanol–water partition coefficient (Wildman–Crippen LogP) is 17.1. The molecule has 0 saturated carbocycles. The number of hydrogen-bond donors (Lipinski definition) is 0. The van der Waals surface area contributed by atoms with Gasteiger partial charge in [0.25, 0.3) is 0 Å². The van der Waals surface area contributed by atoms with E-state index in [9.17, 15) is 14.4 Å². The van der Waals surface area contributed by atoms with Crippen molar-refractivity contribution in [1.82, 2.24) is 0 Å². The average molecular weight is 887 g/mol. The molecule has 0 aliphatic heterocycles. The summed E-state index contributed by atoms with van der Waals surface area (Å²) in [5, 5.41) is 0. The second-order valence-electron chi connectivity index (χ2n) is 16.7. The predicted molar refractivity (Wildman–Crippen MR) is 274 cm³/mol. The van der Waals surface area contributed by atoms with Gasteiger partial charge in [-0.1, -0.05) is 207 Å². The molecule has 6 heteroatoms. The molecule has 0 saturated heterocycles. The van der Waals surface area contributed by atoms with Crippen LogP contribution in [0.5, 0.6) is 0 Å². The quantitative estimate of drug-likeness (QED) is 0.0262. The molecule has 0 aliphatic carbocycles. The number of unbranched alkanes of at least 4 members (excludes halogenated alkanes) is 17. The molecule has 0 spiro atoms. The molecule has 0 amide bonds. The molecule has 362 valence electrons. The summed E-state index contributed by atoms with van der Waals surface area (Å²) in [5.74, 6) is -1.09. The van der Waals surface area contributed by atoms with Gasteiger partial charge in [0.15, 0.2) is 6.10 Å². The van der Waals surface area contributed by atoms with Crippen molar-refractivity contribution in [1.29, 1.82) is 0 Å². The summed E-state index contributed by atoms with van der Waals surface area (Å²) in [5.41, 5.74) is 0. The minimum absolute atomic E-state index is 0.0886. The van der Waals surface area contributed by atoms with Crippen LogP contribution in [0, 0.1) is 0 Å². The van der Waals surface area contributed by atoms with E-state index in [4.69, 9.17) is 14.2 Å². The summed E-state index contributed by atoms with van der Waals surface area (Å²) >= 11 is 0. The van der Waals surface area contributed by atoms with Crippen LogP contribution in [0.15, 0.2) is 109 Å². The first-order chi connectivity index (χ1) is 31.5. The Bertz CT molecular complexity index is 1340. The number of allylic oxidation sites excluding steroid dienone is 17. The molecule has 0 rings (SSSR count). The van der Waals surface area contributed by atoms with Crippen molar-refractivity contribution >= 4 is 17.9 Å². The molecule has 64 heavy (non-hydrogen) atoms. The van der Waals surface area contributed by atoms with Crippen molar-refractivity contribution in [3.05, 3.63) is 109 Å². The summed E-state index contributed by atoms with van der Waals surface area (Å²) in [6.45, 7) is 6.34. The molecule has 0 radical (unpaired) electrons. The monoisotopic (exact) mass is 887 g/mol. The van der Waals surface area contributed by atoms with Gasteiger partial charge in [-0.3, -0.25) is 14.4 Å². The molecule has 0 aromatic rings. The molecular formula is C58H94O6. The van der Waals surface area contributed by atoms with E-state index >= 15 is 0 Å². The molecule has 0 bridgehead atoms. The van der Waals surface area contributed by atoms with Crippen LogP contribution in [0.25, 0.3) is 0 Å². The van der Waals surface area contributed by atoms with Gasteiger partial charge in [0, 0.05) is 12.8 Å². The molecule has 0 fully saturated rings. The Morgan fingerprint density at radius 3 is 1.08 bits per heavy atom. The molecule has 0 aliphatic rings. The smallest absolute Gasteiger partial charge is 0.310 e. The largest absolute Gasteiger partial charge is 0.462 e. The van der Waals surface area contributed by atoms with E-state index < -0.39 is 12.1 Å². The highest BCUT2D eigenvalue weighted by Crippen LogP contribution is 2.13. The number of carbonyl (C=O) groups is 3. The second-order valence-corrected chi connectivity index (χ2v) is 16.7. The first-order valence-corrected chi connectivity index (χ1v) is 25.9. The maximum atomic E-state index is 12.7. The zero-order valence-corrected chi connectivity index (χ0v) is 41.3. The van der Waals surface area contributed by atoms with Crippen molar-refractivity contribution < 1.29 is 28.6 Å². The van der Waals surface area contributed by atoms with Gasteiger partial charge in [0.2, 0.25) is 0 Å². The van der Waals surface area contributed by atoms with Gasteiger partial charge < -0.3 is 14.2 Å². The van der Waals surface area contributed by atoms with Crippen molar-refractivity contribution in [3.63, 3.8) is 0 Å². The van der Waals surface area contributed by atoms with Crippen LogP contribution < -0.4 is 0 Å². The number of ether oxygens (including phenoxy) is 3. The Balaban J connectivity index is 4.55. The topological polar surface area (TPSA) is 78.9 Å². The second kappa shape index (κ2) is 51.7. The fraction of sp³-hybridized carbons (Fsp3) is 0.638. The van der Waals surface area contributed by atoms with Crippen molar-refractivity contribution in [2.24, 2.45) is 0 Å². The maximum absolute atomic E-state index is 12.7. The van der Waals surface area contributed by atoms with Gasteiger partial charge in [0.05, 0.1) is 6.42 Å². The van der Waals surface area contributed by atoms with Crippen LogP contribution in [0.4, 0.5) is 0 Å². The van der Waals surface area contributed by atoms with E-state index in [2.05, 4.69) is 118 Å². The number of hydrogen-bond acceptors (Lipinski definition) is 6. The summed E-state index contributed by atoms with van der Waals surface area (Å²) in [4.78, 5) is 37.9. The Kier molecular flexibility index (Phi) is 48.5. The highest BCUT2D eigenvalue weighted by molar-refractivity contribution is 5.72. The van der Waals surface area contributed by atoms with E-state index in [1.165, 1.54) is 70.6 Å². The van der Waals surface area contributed by atoms with Crippen molar-refractivity contribution in [2.45, 2.75) is 226 Å². The summed E-state index contributed by atoms with van der Waals surface area (Å²) < 4.78 is 16.7. The standard InChI is InChI=1S/C58H94O6/c1-4-7-10-13-16-19-22-25-28-29-31-33-36-39-42-45-48-51-57(60)63-54-55(53-62-56(59)50-47-44-41-38-35-32-27-24-21-18-15-12-9-6-3)64-58(61)52-49-46-43-40-37-34-30-26-23-20-17-14-11-8-5-2/h8,11,15-20,24-28,30,37,40,46,49,55H,4-7,9-10,12-14,21-23,29,31-36,38-39,41-45,47-48,50-54H2,1-3H3/b11-8-,18-15-,19-16-,20-17-,27-24-,28-25-,30-26-,40-37-,49-46-. The van der Waals surface area contributed by atoms with Gasteiger partial charge in [-0.05, 0) is 103 Å². The normalized spacial score (nSPS) is 13.0. The zero-order chi connectivity index (χ0) is 46.5. The Labute approximate surface area is 393 Å². The molecule has 0 heterocycles. The van der Waals surface area contributed by atoms with Crippen molar-refractivity contribution in [3.8, 4) is 0 Å². The van der Waals surface area contributed by atoms with Gasteiger partial charge in [-0.25, -0.2) is 0 Å². The fourth-order valence-corrected chi connectivity index (χ4v) is 6.62. The fourth-order valence-electron chi connectivity index (χ4n) is 6.62. The van der Waals surface area contributed by atoms with E-state index in [-0.39, 0.29) is 31.6 Å². The highest BCUT2D eigenvalue weighted by Gasteiger charge is 2.19. The van der Waals surface area contributed by atoms with Crippen LogP contribution in [0.2, 0.25) is 0 Å². The van der Waals surface area contributed by atoms with E-state index in [1.807, 2.05) is 6.08 Å². The molecule has 1 atom stereocenters. The molecule has 0 aromatic heterocycles. The highest BCUT2D eigenvalue weighted by atomic mass is 16.6. The van der Waals surface area contributed by atoms with Crippen LogP contribution in [0.1, 0.15) is 220 Å². The van der Waals surface area contributed by atoms with Crippen LogP contribution in [0.3, 0.4) is 0 Å². The minimum atomic E-state index is -0.843. The molecule has 0 aromatic carbocycles. The first kappa shape index (κ1) is 60.1. The van der Waals surface area contributed by atoms with Gasteiger partial charge in [-0.15, -0.1) is 0 Å². The lowest BCUT2D eigenvalue weighted by Gasteiger charge is -2.18. The lowest BCUT2D eigenvalue weighted by atomic mass is 10.1. The Morgan fingerprint density at radius 1 is 0.344 bits per heavy atom. The zero-order valence-electron chi connectivity index (χ0n) is 41.3.